The molecule has 0 bridgehead atoms. The standard InChI is InChI=1S/C100H121NO24Si/c1-67-86(111-58-72-39-21-9-22-40-72)91(112-59-73-41-23-10-24-42-73)95(116-63-77-49-31-14-32-50-77)99(117-67)124-89-83(101-68(2)103)96(120-81(65-108-56-70-35-17-7-18-36-70)87(89)122-97-84(105)79(104)53-78(54-102)118-97)125-90-85(106)80(64-107-55-69-33-15-6-16-34-69)119-100(93(90)114-61-75-45-27-12-28-46-75)123-88-82(66-109-57-71-37-19-8-20-38-71)121-98(110-51-52-126(3,4)5)94(115-62-76-47-29-13-30-48-76)92(88)113-60-74-43-25-11-26-44-74/h6-50,67,78-100,102,104-106H,51-66H2,1-5H3,(H,101,103)/t67-,78-,79-,80+,81+,82+,83+,84+,85-,86+,87+,88+,89+,90-,91+,92-,93+,94+,95-,96-,97-,98+,99-,100-/m0/s1. The summed E-state index contributed by atoms with van der Waals surface area (Å²) in [6.45, 7) is 9.84. The number of amides is 1. The number of carbonyl (C=O) groups excluding carboxylic acids is 1. The van der Waals surface area contributed by atoms with Gasteiger partial charge in [-0.1, -0.05) is 293 Å². The first kappa shape index (κ1) is 93.9. The minimum atomic E-state index is -1.75. The van der Waals surface area contributed by atoms with E-state index in [-0.39, 0.29) is 85.7 Å². The van der Waals surface area contributed by atoms with Crippen LogP contribution in [0, 0.1) is 0 Å². The van der Waals surface area contributed by atoms with Crippen molar-refractivity contribution in [3.63, 3.8) is 0 Å². The van der Waals surface area contributed by atoms with Gasteiger partial charge in [-0.05, 0) is 63.0 Å². The van der Waals surface area contributed by atoms with Gasteiger partial charge in [0.25, 0.3) is 0 Å². The highest BCUT2D eigenvalue weighted by Crippen LogP contribution is 2.42. The minimum Gasteiger partial charge on any atom is -0.394 e. The molecule has 0 radical (unpaired) electrons. The fourth-order valence-corrected chi connectivity index (χ4v) is 16.9. The quantitative estimate of drug-likeness (QED) is 0.0222. The highest BCUT2D eigenvalue weighted by atomic mass is 28.3. The van der Waals surface area contributed by atoms with Gasteiger partial charge < -0.3 is 116 Å². The number of aliphatic hydroxyl groups is 4. The van der Waals surface area contributed by atoms with Crippen LogP contribution in [0.25, 0.3) is 0 Å². The number of benzene rings is 9. The van der Waals surface area contributed by atoms with E-state index in [1.165, 1.54) is 6.92 Å². The molecule has 14 rings (SSSR count). The average Bonchev–Trinajstić information content (AvgIpc) is 0.755. The van der Waals surface area contributed by atoms with Crippen molar-refractivity contribution in [1.82, 2.24) is 5.32 Å². The molecule has 674 valence electrons. The molecule has 25 nitrogen and oxygen atoms in total. The normalized spacial score (nSPS) is 29.4. The summed E-state index contributed by atoms with van der Waals surface area (Å²) < 4.78 is 136. The van der Waals surface area contributed by atoms with Gasteiger partial charge in [-0.2, -0.15) is 0 Å². The van der Waals surface area contributed by atoms with E-state index in [0.29, 0.717) is 6.61 Å². The molecule has 0 aromatic heterocycles. The first-order valence-electron chi connectivity index (χ1n) is 43.7. The van der Waals surface area contributed by atoms with Crippen molar-refractivity contribution in [2.45, 2.75) is 253 Å². The fraction of sp³-hybridized carbons (Fsp3) is 0.450. The van der Waals surface area contributed by atoms with Crippen molar-refractivity contribution in [3.05, 3.63) is 323 Å². The van der Waals surface area contributed by atoms with Crippen molar-refractivity contribution in [2.75, 3.05) is 33.0 Å². The third-order valence-corrected chi connectivity index (χ3v) is 24.6. The fourth-order valence-electron chi connectivity index (χ4n) is 16.1. The zero-order valence-electron chi connectivity index (χ0n) is 72.1. The van der Waals surface area contributed by atoms with Gasteiger partial charge in [0.05, 0.1) is 104 Å². The molecule has 5 fully saturated rings. The maximum absolute atomic E-state index is 14.8. The van der Waals surface area contributed by atoms with Crippen molar-refractivity contribution in [1.29, 1.82) is 0 Å². The number of rotatable bonds is 44. The molecule has 24 atom stereocenters. The highest BCUT2D eigenvalue weighted by molar-refractivity contribution is 6.76. The summed E-state index contributed by atoms with van der Waals surface area (Å²) in [7, 11) is -1.73. The Bertz CT molecular complexity index is 4550. The Morgan fingerprint density at radius 2 is 0.651 bits per heavy atom. The van der Waals surface area contributed by atoms with Crippen molar-refractivity contribution >= 4 is 14.0 Å². The number of carbonyl (C=O) groups is 1. The van der Waals surface area contributed by atoms with Crippen molar-refractivity contribution in [3.8, 4) is 0 Å². The van der Waals surface area contributed by atoms with E-state index in [0.717, 1.165) is 56.1 Å². The summed E-state index contributed by atoms with van der Waals surface area (Å²) in [5.41, 5.74) is 7.55. The lowest BCUT2D eigenvalue weighted by molar-refractivity contribution is -0.397. The largest absolute Gasteiger partial charge is 0.394 e. The number of nitrogens with one attached hydrogen (secondary N) is 1. The van der Waals surface area contributed by atoms with E-state index in [1.54, 1.807) is 0 Å². The summed E-state index contributed by atoms with van der Waals surface area (Å²) in [6, 6.07) is 86.3. The maximum atomic E-state index is 14.8. The lowest BCUT2D eigenvalue weighted by Crippen LogP contribution is -2.71. The van der Waals surface area contributed by atoms with Crippen LogP contribution in [0.1, 0.15) is 70.3 Å². The van der Waals surface area contributed by atoms with E-state index in [9.17, 15) is 25.2 Å². The second-order valence-electron chi connectivity index (χ2n) is 33.8. The SMILES string of the molecule is CC(=O)N[C@H]1[C@H](O[C@H]2[C@@H](O)[C@@H](COCc3ccccc3)O[C@@H](O[C@H]3[C@H](OCc4ccccc4)[C@@H](OCc4ccccc4)[C@H](OCC[Si](C)(C)C)O[C@@H]3COCc3ccccc3)[C@@H]2OCc2ccccc2)O[C@H](COCc2ccccc2)[C@@H](O[C@@H]2O[C@H](CO)C[C@H](O)[C@H]2O)[C@@H]1O[C@@H]1O[C@@H](C)[C@@H](OCc2ccccc2)[C@@H](OCc2ccccc2)[C@@H]1OCc1ccccc1. The summed E-state index contributed by atoms with van der Waals surface area (Å²) in [6.07, 6.45) is -30.6. The minimum absolute atomic E-state index is 0.0149. The molecular weight excluding hydrogens is 1630 g/mol. The first-order chi connectivity index (χ1) is 61.5. The van der Waals surface area contributed by atoms with E-state index >= 15 is 0 Å². The first-order valence-corrected chi connectivity index (χ1v) is 47.4. The Hall–Kier alpha value is -8.25. The molecule has 0 spiro atoms. The lowest BCUT2D eigenvalue weighted by Gasteiger charge is -2.53. The van der Waals surface area contributed by atoms with Crippen LogP contribution in [-0.4, -0.2) is 215 Å². The highest BCUT2D eigenvalue weighted by Gasteiger charge is 2.60. The predicted molar refractivity (Wildman–Crippen MR) is 468 cm³/mol. The Morgan fingerprint density at radius 1 is 0.341 bits per heavy atom. The summed E-state index contributed by atoms with van der Waals surface area (Å²) in [4.78, 5) is 14.8. The average molecular weight is 1750 g/mol. The molecule has 0 unspecified atom stereocenters. The topological polar surface area (TPSA) is 285 Å². The number of aliphatic hydroxyl groups excluding tert-OH is 4. The monoisotopic (exact) mass is 1750 g/mol. The molecule has 5 saturated heterocycles. The van der Waals surface area contributed by atoms with Gasteiger partial charge in [0, 0.05) is 28.0 Å². The van der Waals surface area contributed by atoms with Crippen molar-refractivity contribution < 1.29 is 115 Å². The molecule has 1 amide bonds. The number of ether oxygens (including phenoxy) is 19. The van der Waals surface area contributed by atoms with Crippen LogP contribution < -0.4 is 5.32 Å². The Labute approximate surface area is 739 Å². The van der Waals surface area contributed by atoms with Crippen LogP contribution in [0.4, 0.5) is 0 Å². The van der Waals surface area contributed by atoms with E-state index < -0.39 is 168 Å². The Kier molecular flexibility index (Phi) is 35.7. The molecule has 0 aliphatic carbocycles. The zero-order chi connectivity index (χ0) is 87.4. The van der Waals surface area contributed by atoms with Crippen LogP contribution in [-0.2, 0) is 154 Å². The molecule has 9 aromatic carbocycles. The molecule has 9 aromatic rings. The second kappa shape index (κ2) is 47.9. The van der Waals surface area contributed by atoms with Gasteiger partial charge in [0.2, 0.25) is 5.91 Å². The number of hydrogen-bond donors (Lipinski definition) is 5. The third kappa shape index (κ3) is 27.2. The van der Waals surface area contributed by atoms with Gasteiger partial charge in [0.1, 0.15) is 97.6 Å². The molecule has 5 aliphatic rings. The summed E-state index contributed by atoms with van der Waals surface area (Å²) in [5.74, 6) is -0.606. The molecule has 5 N–H and O–H groups in total. The van der Waals surface area contributed by atoms with Crippen LogP contribution in [0.5, 0.6) is 0 Å². The number of hydrogen-bond acceptors (Lipinski definition) is 24. The molecule has 26 heteroatoms. The Morgan fingerprint density at radius 3 is 1.05 bits per heavy atom. The van der Waals surface area contributed by atoms with E-state index in [4.69, 9.17) is 90.0 Å². The molecule has 126 heavy (non-hydrogen) atoms. The zero-order valence-corrected chi connectivity index (χ0v) is 73.1. The van der Waals surface area contributed by atoms with Gasteiger partial charge >= 0.3 is 0 Å². The Balaban J connectivity index is 0.910. The molecule has 5 heterocycles. The van der Waals surface area contributed by atoms with Gasteiger partial charge in [-0.25, -0.2) is 0 Å². The maximum Gasteiger partial charge on any atom is 0.217 e. The molecule has 5 aliphatic heterocycles. The summed E-state index contributed by atoms with van der Waals surface area (Å²) >= 11 is 0. The van der Waals surface area contributed by atoms with Crippen LogP contribution in [0.15, 0.2) is 273 Å². The van der Waals surface area contributed by atoms with Gasteiger partial charge in [-0.15, -0.1) is 0 Å². The van der Waals surface area contributed by atoms with E-state index in [2.05, 4.69) is 25.0 Å². The smallest absolute Gasteiger partial charge is 0.217 e. The lowest BCUT2D eigenvalue weighted by atomic mass is 9.93. The third-order valence-electron chi connectivity index (χ3n) is 22.9. The van der Waals surface area contributed by atoms with Gasteiger partial charge in [-0.3, -0.25) is 4.79 Å². The molecule has 0 saturated carbocycles. The van der Waals surface area contributed by atoms with Crippen LogP contribution in [0.3, 0.4) is 0 Å². The van der Waals surface area contributed by atoms with Crippen molar-refractivity contribution in [2.24, 2.45) is 0 Å². The van der Waals surface area contributed by atoms with E-state index in [1.807, 2.05) is 280 Å². The van der Waals surface area contributed by atoms with Crippen LogP contribution in [0.2, 0.25) is 25.7 Å². The summed E-state index contributed by atoms with van der Waals surface area (Å²) in [5, 5.41) is 51.6. The van der Waals surface area contributed by atoms with Gasteiger partial charge in [0.15, 0.2) is 31.5 Å². The predicted octanol–water partition coefficient (Wildman–Crippen LogP) is 12.7. The van der Waals surface area contributed by atoms with Crippen LogP contribution >= 0.6 is 0 Å². The second-order valence-corrected chi connectivity index (χ2v) is 39.4. The molecular formula is C100H121NO24Si.